The van der Waals surface area contributed by atoms with E-state index in [0.717, 1.165) is 15.8 Å². The van der Waals surface area contributed by atoms with E-state index in [4.69, 9.17) is 24.4 Å². The van der Waals surface area contributed by atoms with E-state index in [-0.39, 0.29) is 17.1 Å². The summed E-state index contributed by atoms with van der Waals surface area (Å²) >= 11 is 9.99. The minimum atomic E-state index is 0. The smallest absolute Gasteiger partial charge is 0.273 e. The molecule has 0 aromatic heterocycles. The zero-order valence-electron chi connectivity index (χ0n) is 7.69. The Morgan fingerprint density at radius 2 is 2.13 bits per heavy atom. The van der Waals surface area contributed by atoms with Crippen molar-refractivity contribution in [3.63, 3.8) is 0 Å². The van der Waals surface area contributed by atoms with Gasteiger partial charge in [0.2, 0.25) is 0 Å². The number of rotatable bonds is 0. The molecule has 0 radical (unpaired) electrons. The molecule has 0 nitrogen and oxygen atoms in total. The molecule has 0 spiro atoms. The van der Waals surface area contributed by atoms with Crippen LogP contribution in [0.4, 0.5) is 0 Å². The van der Waals surface area contributed by atoms with Gasteiger partial charge in [-0.1, -0.05) is 17.8 Å². The van der Waals surface area contributed by atoms with Crippen LogP contribution in [0.3, 0.4) is 0 Å². The fourth-order valence-electron chi connectivity index (χ4n) is 1.66. The molecule has 4 rings (SSSR count). The standard InChI is InChI=1S/C7HS2.C5H5.Fe/c8-6-2-1-3-5(4(2)6)7(3)9;1-2-4-5-3-1;/h2H;1-3H,4H2;/q2*-1;+2. The summed E-state index contributed by atoms with van der Waals surface area (Å²) in [5, 5.41) is 2.46. The molecule has 1 aromatic carbocycles. The van der Waals surface area contributed by atoms with Gasteiger partial charge in [0.25, 0.3) is 0 Å². The molecule has 0 heterocycles. The fraction of sp³-hybridized carbons (Fsp3) is 0.167. The number of hydrogen-bond acceptors (Lipinski definition) is 2. The predicted molar refractivity (Wildman–Crippen MR) is 63.4 cm³/mol. The van der Waals surface area contributed by atoms with E-state index < -0.39 is 0 Å². The predicted octanol–water partition coefficient (Wildman–Crippen LogP) is 1.42. The van der Waals surface area contributed by atoms with Crippen LogP contribution in [0.1, 0.15) is 6.42 Å². The van der Waals surface area contributed by atoms with Gasteiger partial charge in [0.1, 0.15) is 0 Å². The van der Waals surface area contributed by atoms with E-state index in [9.17, 15) is 0 Å². The molecule has 0 bridgehead atoms. The van der Waals surface area contributed by atoms with Gasteiger partial charge in [-0.3, -0.25) is 6.08 Å². The van der Waals surface area contributed by atoms with Gasteiger partial charge in [0.05, 0.1) is 0 Å². The van der Waals surface area contributed by atoms with E-state index in [0.29, 0.717) is 5.92 Å². The first-order valence-corrected chi connectivity index (χ1v) is 5.31. The molecule has 0 amide bonds. The molecule has 1 fully saturated rings. The Labute approximate surface area is 109 Å². The third kappa shape index (κ3) is 1.74. The van der Waals surface area contributed by atoms with Crippen LogP contribution in [0.2, 0.25) is 0 Å². The zero-order valence-corrected chi connectivity index (χ0v) is 10.4. The number of hydrogen-bond donors (Lipinski definition) is 0. The van der Waals surface area contributed by atoms with Gasteiger partial charge >= 0.3 is 17.1 Å². The monoisotopic (exact) mass is 270 g/mol. The van der Waals surface area contributed by atoms with Crippen LogP contribution in [-0.4, -0.2) is 4.86 Å². The van der Waals surface area contributed by atoms with Crippen molar-refractivity contribution in [2.75, 3.05) is 0 Å². The van der Waals surface area contributed by atoms with E-state index in [1.807, 2.05) is 12.2 Å². The molecular formula is C12H6FeS2. The fourth-order valence-corrected chi connectivity index (χ4v) is 2.32. The van der Waals surface area contributed by atoms with Crippen molar-refractivity contribution in [1.82, 2.24) is 0 Å². The molecule has 1 saturated carbocycles. The first-order valence-electron chi connectivity index (χ1n) is 4.49. The molecule has 1 atom stereocenters. The zero-order chi connectivity index (χ0) is 9.71. The molecule has 3 heteroatoms. The quantitative estimate of drug-likeness (QED) is 0.397. The summed E-state index contributed by atoms with van der Waals surface area (Å²) < 4.78 is 1.01. The first-order chi connectivity index (χ1) is 6.80. The van der Waals surface area contributed by atoms with E-state index >= 15 is 0 Å². The van der Waals surface area contributed by atoms with E-state index in [1.165, 1.54) is 16.0 Å². The molecule has 3 aliphatic carbocycles. The maximum atomic E-state index is 5.01. The topological polar surface area (TPSA) is 0 Å². The largest absolute Gasteiger partial charge is 2.00 e. The Bertz CT molecular complexity index is 599. The second-order valence-electron chi connectivity index (χ2n) is 3.44. The van der Waals surface area contributed by atoms with Crippen molar-refractivity contribution in [2.45, 2.75) is 6.42 Å². The Kier molecular flexibility index (Phi) is 2.91. The number of allylic oxidation sites excluding steroid dienone is 4. The molecule has 1 aromatic rings. The van der Waals surface area contributed by atoms with Crippen LogP contribution in [-0.2, 0) is 17.1 Å². The van der Waals surface area contributed by atoms with Crippen LogP contribution in [0.25, 0.3) is 11.6 Å². The van der Waals surface area contributed by atoms with Crippen molar-refractivity contribution >= 4 is 40.9 Å². The maximum Gasteiger partial charge on any atom is 2.00 e. The summed E-state index contributed by atoms with van der Waals surface area (Å²) in [4.78, 5) is 1.08. The van der Waals surface area contributed by atoms with Crippen molar-refractivity contribution < 1.29 is 17.1 Å². The minimum absolute atomic E-state index is 0. The average molecular weight is 270 g/mol. The molecule has 15 heavy (non-hydrogen) atoms. The van der Waals surface area contributed by atoms with Crippen molar-refractivity contribution in [1.29, 1.82) is 0 Å². The number of fused-ring (bicyclic) bond motifs is 2. The Balaban J connectivity index is 0.000000124. The average Bonchev–Trinajstić information content (AvgIpc) is 2.94. The van der Waals surface area contributed by atoms with Gasteiger partial charge in [-0.05, 0) is 5.92 Å². The SMILES string of the molecule is S=C1C2=c3c(=S)c3=[C-]C12.[C-]1=CC=CC1.[Fe+2]. The van der Waals surface area contributed by atoms with Crippen LogP contribution in [0, 0.1) is 16.5 Å². The Hall–Kier alpha value is -0.341. The normalized spacial score (nSPS) is 22.8. The third-order valence-corrected chi connectivity index (χ3v) is 3.38. The van der Waals surface area contributed by atoms with Gasteiger partial charge in [-0.15, -0.1) is 10.9 Å². The maximum absolute atomic E-state index is 5.01. The Morgan fingerprint density at radius 1 is 1.33 bits per heavy atom. The van der Waals surface area contributed by atoms with Gasteiger partial charge in [-0.2, -0.15) is 34.8 Å². The van der Waals surface area contributed by atoms with Gasteiger partial charge in [-0.25, -0.2) is 12.2 Å². The number of thiocarbonyl (C=S) groups is 1. The molecule has 0 aliphatic heterocycles. The molecule has 3 aliphatic rings. The Morgan fingerprint density at radius 3 is 2.53 bits per heavy atom. The summed E-state index contributed by atoms with van der Waals surface area (Å²) in [6, 6.07) is 0. The summed E-state index contributed by atoms with van der Waals surface area (Å²) in [6.45, 7) is 0. The van der Waals surface area contributed by atoms with Gasteiger partial charge < -0.3 is 0 Å². The van der Waals surface area contributed by atoms with Crippen molar-refractivity contribution in [3.8, 4) is 0 Å². The van der Waals surface area contributed by atoms with Gasteiger partial charge in [0, 0.05) is 4.86 Å². The van der Waals surface area contributed by atoms with Gasteiger partial charge in [0.15, 0.2) is 0 Å². The van der Waals surface area contributed by atoms with Crippen molar-refractivity contribution in [3.05, 3.63) is 39.3 Å². The molecule has 0 saturated heterocycles. The summed E-state index contributed by atoms with van der Waals surface area (Å²) in [7, 11) is 0. The molecule has 1 unspecified atom stereocenters. The van der Waals surface area contributed by atoms with Crippen LogP contribution >= 0.6 is 24.4 Å². The minimum Gasteiger partial charge on any atom is -0.273 e. The van der Waals surface area contributed by atoms with Crippen LogP contribution in [0.15, 0.2) is 18.2 Å². The summed E-state index contributed by atoms with van der Waals surface area (Å²) in [5.74, 6) is 0.427. The van der Waals surface area contributed by atoms with Crippen LogP contribution in [0.5, 0.6) is 0 Å². The molecule has 74 valence electrons. The third-order valence-electron chi connectivity index (χ3n) is 2.52. The second-order valence-corrected chi connectivity index (χ2v) is 4.29. The van der Waals surface area contributed by atoms with E-state index in [1.54, 1.807) is 0 Å². The second kappa shape index (κ2) is 3.91. The van der Waals surface area contributed by atoms with Crippen LogP contribution < -0.4 is 10.4 Å². The first kappa shape index (κ1) is 11.2. The summed E-state index contributed by atoms with van der Waals surface area (Å²) in [5.41, 5.74) is 1.31. The molecule has 0 N–H and O–H groups in total. The summed E-state index contributed by atoms with van der Waals surface area (Å²) in [6.07, 6.45) is 13.2. The van der Waals surface area contributed by atoms with Crippen molar-refractivity contribution in [2.24, 2.45) is 5.92 Å². The van der Waals surface area contributed by atoms with E-state index in [2.05, 4.69) is 18.2 Å². The molecular weight excluding hydrogens is 264 g/mol.